The molecule has 0 N–H and O–H groups in total. The summed E-state index contributed by atoms with van der Waals surface area (Å²) in [7, 11) is 0. The zero-order valence-electron chi connectivity index (χ0n) is 35.0. The van der Waals surface area contributed by atoms with Gasteiger partial charge in [-0.1, -0.05) is 126 Å². The van der Waals surface area contributed by atoms with E-state index < -0.39 is 6.98 Å². The number of aromatic nitrogens is 4. The smallest absolute Gasteiger partial charge is 0.247 e. The van der Waals surface area contributed by atoms with Crippen molar-refractivity contribution >= 4 is 73.0 Å². The maximum atomic E-state index is 8.10. The van der Waals surface area contributed by atoms with Gasteiger partial charge >= 0.3 is 0 Å². The largest absolute Gasteiger partial charge is 0.458 e. The number of para-hydroxylation sites is 5. The Labute approximate surface area is 341 Å². The molecule has 0 amide bonds. The molecule has 0 fully saturated rings. The Morgan fingerprint density at radius 3 is 2.07 bits per heavy atom. The van der Waals surface area contributed by atoms with Crippen LogP contribution in [0.4, 0.5) is 17.1 Å². The Morgan fingerprint density at radius 2 is 1.28 bits per heavy atom. The number of anilines is 3. The van der Waals surface area contributed by atoms with Crippen molar-refractivity contribution < 1.29 is 13.4 Å². The van der Waals surface area contributed by atoms with Crippen LogP contribution >= 0.6 is 0 Å². The summed E-state index contributed by atoms with van der Waals surface area (Å²) in [5, 5.41) is 2.19. The van der Waals surface area contributed by atoms with E-state index >= 15 is 0 Å². The summed E-state index contributed by atoms with van der Waals surface area (Å²) in [6, 6.07) is 58.0. The van der Waals surface area contributed by atoms with Gasteiger partial charge in [0.15, 0.2) is 0 Å². The number of hydrogen-bond donors (Lipinski definition) is 0. The summed E-state index contributed by atoms with van der Waals surface area (Å²) < 4.78 is 36.1. The lowest BCUT2D eigenvalue weighted by Crippen LogP contribution is -2.58. The zero-order chi connectivity index (χ0) is 41.4. The second-order valence-corrected chi connectivity index (χ2v) is 15.0. The highest BCUT2D eigenvalue weighted by Gasteiger charge is 2.36. The van der Waals surface area contributed by atoms with Crippen LogP contribution in [0.15, 0.2) is 176 Å². The van der Waals surface area contributed by atoms with E-state index in [0.717, 1.165) is 55.9 Å². The van der Waals surface area contributed by atoms with Gasteiger partial charge in [0.1, 0.15) is 17.3 Å². The number of ether oxygens (including phenoxy) is 1. The second-order valence-electron chi connectivity index (χ2n) is 15.0. The minimum atomic E-state index is -2.38. The van der Waals surface area contributed by atoms with Gasteiger partial charge in [0.25, 0.3) is 0 Å². The molecule has 0 saturated heterocycles. The Balaban J connectivity index is 1.01. The van der Waals surface area contributed by atoms with Crippen molar-refractivity contribution in [3.8, 4) is 23.0 Å². The quantitative estimate of drug-likeness (QED) is 0.0967. The van der Waals surface area contributed by atoms with Gasteiger partial charge in [-0.15, -0.1) is 0 Å². The lowest BCUT2D eigenvalue weighted by Gasteiger charge is -2.37. The van der Waals surface area contributed by atoms with Crippen molar-refractivity contribution in [1.82, 2.24) is 14.1 Å². The van der Waals surface area contributed by atoms with Crippen LogP contribution in [0.2, 0.25) is 0 Å². The molecule has 0 aliphatic carbocycles. The molecular formula is C51H38BN5O. The fourth-order valence-corrected chi connectivity index (χ4v) is 9.04. The predicted molar refractivity (Wildman–Crippen MR) is 237 cm³/mol. The van der Waals surface area contributed by atoms with E-state index in [1.807, 2.05) is 54.7 Å². The van der Waals surface area contributed by atoms with E-state index in [9.17, 15) is 0 Å². The number of fused-ring (bicyclic) bond motifs is 6. The number of rotatable bonds is 6. The summed E-state index contributed by atoms with van der Waals surface area (Å²) in [6.45, 7) is 2.15. The molecule has 11 rings (SSSR count). The van der Waals surface area contributed by atoms with Crippen LogP contribution in [-0.2, 0) is 6.98 Å². The Hall–Kier alpha value is -7.38. The third-order valence-electron chi connectivity index (χ3n) is 11.5. The SMILES string of the molecule is [2H]C([2H])([2H])[n+]1[c-]n(-c2cccc(Oc3ccc4c5ccccc5n(-c5cc(N6c7ccccc7B(c7c(C)cccc7C)c7ccccc76)ccn5)c4c3)c2)c2ccccc21. The molecule has 0 atom stereocenters. The van der Waals surface area contributed by atoms with Crippen molar-refractivity contribution in [3.05, 3.63) is 194 Å². The topological polar surface area (TPSA) is 39.1 Å². The van der Waals surface area contributed by atoms with E-state index in [4.69, 9.17) is 13.8 Å². The fourth-order valence-electron chi connectivity index (χ4n) is 9.04. The van der Waals surface area contributed by atoms with Crippen LogP contribution < -0.4 is 30.6 Å². The highest BCUT2D eigenvalue weighted by atomic mass is 16.5. The first kappa shape index (κ1) is 30.8. The Kier molecular flexibility index (Phi) is 7.11. The second kappa shape index (κ2) is 13.4. The molecule has 0 saturated carbocycles. The van der Waals surface area contributed by atoms with Crippen molar-refractivity contribution in [2.24, 2.45) is 6.98 Å². The number of aryl methyl sites for hydroxylation is 3. The number of pyridine rings is 1. The van der Waals surface area contributed by atoms with E-state index in [1.54, 1.807) is 10.6 Å². The first-order valence-corrected chi connectivity index (χ1v) is 19.5. The first-order valence-electron chi connectivity index (χ1n) is 21.0. The fraction of sp³-hybridized carbons (Fsp3) is 0.0588. The monoisotopic (exact) mass is 750 g/mol. The molecule has 0 bridgehead atoms. The molecule has 58 heavy (non-hydrogen) atoms. The number of benzene rings is 7. The number of imidazole rings is 1. The average Bonchev–Trinajstić information content (AvgIpc) is 3.83. The summed E-state index contributed by atoms with van der Waals surface area (Å²) in [5.41, 5.74) is 13.8. The maximum Gasteiger partial charge on any atom is 0.247 e. The molecule has 7 aromatic carbocycles. The van der Waals surface area contributed by atoms with Crippen molar-refractivity contribution in [1.29, 1.82) is 0 Å². The highest BCUT2D eigenvalue weighted by Crippen LogP contribution is 2.39. The molecule has 276 valence electrons. The van der Waals surface area contributed by atoms with Crippen LogP contribution in [0.25, 0.3) is 44.3 Å². The van der Waals surface area contributed by atoms with Crippen molar-refractivity contribution in [3.63, 3.8) is 0 Å². The lowest BCUT2D eigenvalue weighted by atomic mass is 9.34. The van der Waals surface area contributed by atoms with Crippen LogP contribution in [0.3, 0.4) is 0 Å². The van der Waals surface area contributed by atoms with E-state index in [1.165, 1.54) is 32.1 Å². The van der Waals surface area contributed by atoms with Gasteiger partial charge in [0.2, 0.25) is 13.0 Å². The summed E-state index contributed by atoms with van der Waals surface area (Å²) in [6.07, 6.45) is 4.96. The van der Waals surface area contributed by atoms with Gasteiger partial charge < -0.3 is 18.8 Å². The molecule has 0 unspecified atom stereocenters. The summed E-state index contributed by atoms with van der Waals surface area (Å²) >= 11 is 0. The minimum Gasteiger partial charge on any atom is -0.458 e. The van der Waals surface area contributed by atoms with Crippen LogP contribution in [0.1, 0.15) is 15.2 Å². The molecule has 10 aromatic rings. The molecule has 0 spiro atoms. The first-order chi connectivity index (χ1) is 29.7. The molecule has 7 heteroatoms. The zero-order valence-corrected chi connectivity index (χ0v) is 32.0. The van der Waals surface area contributed by atoms with E-state index in [0.29, 0.717) is 17.0 Å². The summed E-state index contributed by atoms with van der Waals surface area (Å²) in [5.74, 6) is 2.04. The third kappa shape index (κ3) is 5.35. The van der Waals surface area contributed by atoms with Gasteiger partial charge in [-0.05, 0) is 73.3 Å². The molecule has 3 aromatic heterocycles. The van der Waals surface area contributed by atoms with Gasteiger partial charge in [-0.3, -0.25) is 4.57 Å². The minimum absolute atomic E-state index is 0.0916. The normalized spacial score (nSPS) is 13.3. The highest BCUT2D eigenvalue weighted by molar-refractivity contribution is 6.98. The Bertz CT molecular complexity index is 3290. The number of hydrogen-bond acceptors (Lipinski definition) is 3. The van der Waals surface area contributed by atoms with Gasteiger partial charge in [0, 0.05) is 40.5 Å². The van der Waals surface area contributed by atoms with Crippen molar-refractivity contribution in [2.75, 3.05) is 4.90 Å². The molecule has 0 radical (unpaired) electrons. The standard InChI is InChI=1S/C51H38BN5O/c1-34-14-12-15-35(2)51(34)52-42-19-5-8-22-45(42)56(46-23-9-6-20-43(46)52)37-28-29-53-50(31-37)57-44-21-7-4-18-40(44)41-27-26-39(32-49(41)57)58-38-17-13-16-36(30-38)55-33-54(3)47-24-10-11-25-48(47)55/h4-32H,1-3H3/i3D3. The maximum absolute atomic E-state index is 8.10. The van der Waals surface area contributed by atoms with E-state index in [-0.39, 0.29) is 6.71 Å². The van der Waals surface area contributed by atoms with Crippen LogP contribution in [-0.4, -0.2) is 20.8 Å². The molecular weight excluding hydrogens is 709 g/mol. The van der Waals surface area contributed by atoms with E-state index in [2.05, 4.69) is 145 Å². The molecule has 1 aliphatic heterocycles. The van der Waals surface area contributed by atoms with Gasteiger partial charge in [0.05, 0.1) is 44.5 Å². The third-order valence-corrected chi connectivity index (χ3v) is 11.5. The van der Waals surface area contributed by atoms with Crippen LogP contribution in [0, 0.1) is 20.2 Å². The Morgan fingerprint density at radius 1 is 0.603 bits per heavy atom. The van der Waals surface area contributed by atoms with Crippen molar-refractivity contribution in [2.45, 2.75) is 13.8 Å². The average molecular weight is 751 g/mol. The summed E-state index contributed by atoms with van der Waals surface area (Å²) in [4.78, 5) is 7.40. The predicted octanol–water partition coefficient (Wildman–Crippen LogP) is 9.46. The molecule has 1 aliphatic rings. The molecule has 6 nitrogen and oxygen atoms in total. The number of nitrogens with zero attached hydrogens (tertiary/aromatic N) is 5. The van der Waals surface area contributed by atoms with Gasteiger partial charge in [-0.25, -0.2) is 4.98 Å². The van der Waals surface area contributed by atoms with Crippen LogP contribution in [0.5, 0.6) is 11.5 Å². The lowest BCUT2D eigenvalue weighted by molar-refractivity contribution is -0.649. The van der Waals surface area contributed by atoms with Gasteiger partial charge in [-0.2, -0.15) is 0 Å². The molecule has 4 heterocycles.